The first-order chi connectivity index (χ1) is 10.2. The molecule has 6 heteroatoms. The Morgan fingerprint density at radius 2 is 1.95 bits per heavy atom. The molecule has 0 aromatic heterocycles. The lowest BCUT2D eigenvalue weighted by atomic mass is 10.1. The normalized spacial score (nSPS) is 10.6. The summed E-state index contributed by atoms with van der Waals surface area (Å²) in [6, 6.07) is 4.85. The van der Waals surface area contributed by atoms with E-state index in [-0.39, 0.29) is 5.69 Å². The Bertz CT molecular complexity index is 438. The van der Waals surface area contributed by atoms with E-state index < -0.39 is 4.92 Å². The average molecular weight is 295 g/mol. The molecule has 0 amide bonds. The van der Waals surface area contributed by atoms with E-state index in [4.69, 9.17) is 10.6 Å². The van der Waals surface area contributed by atoms with E-state index in [9.17, 15) is 10.1 Å². The van der Waals surface area contributed by atoms with E-state index in [0.717, 1.165) is 12.8 Å². The maximum atomic E-state index is 10.9. The second kappa shape index (κ2) is 10.1. The zero-order chi connectivity index (χ0) is 15.5. The number of ether oxygens (including phenoxy) is 1. The minimum Gasteiger partial charge on any atom is -0.377 e. The molecule has 0 saturated carbocycles. The number of nitrogen functional groups attached to an aromatic ring is 1. The van der Waals surface area contributed by atoms with Gasteiger partial charge >= 0.3 is 0 Å². The summed E-state index contributed by atoms with van der Waals surface area (Å²) in [7, 11) is 0. The number of rotatable bonds is 11. The van der Waals surface area contributed by atoms with Gasteiger partial charge in [-0.1, -0.05) is 51.2 Å². The van der Waals surface area contributed by atoms with Crippen LogP contribution in [0.2, 0.25) is 0 Å². The number of nitro groups is 1. The highest BCUT2D eigenvalue weighted by Gasteiger charge is 2.16. The molecule has 6 nitrogen and oxygen atoms in total. The van der Waals surface area contributed by atoms with Gasteiger partial charge in [-0.3, -0.25) is 16.0 Å². The second-order valence-corrected chi connectivity index (χ2v) is 5.03. The topological polar surface area (TPSA) is 90.4 Å². The maximum Gasteiger partial charge on any atom is 0.294 e. The summed E-state index contributed by atoms with van der Waals surface area (Å²) < 4.78 is 5.59. The minimum absolute atomic E-state index is 0.0295. The lowest BCUT2D eigenvalue weighted by Crippen LogP contribution is -2.12. The number of benzene rings is 1. The summed E-state index contributed by atoms with van der Waals surface area (Å²) in [6.45, 7) is 3.19. The van der Waals surface area contributed by atoms with Gasteiger partial charge in [0.2, 0.25) is 0 Å². The summed E-state index contributed by atoms with van der Waals surface area (Å²) in [5.74, 6) is 5.38. The third-order valence-electron chi connectivity index (χ3n) is 3.37. The summed E-state index contributed by atoms with van der Waals surface area (Å²) >= 11 is 0. The van der Waals surface area contributed by atoms with Crippen molar-refractivity contribution in [2.24, 2.45) is 5.84 Å². The van der Waals surface area contributed by atoms with Crippen LogP contribution in [-0.2, 0) is 11.3 Å². The van der Waals surface area contributed by atoms with Crippen LogP contribution in [0, 0.1) is 10.1 Å². The number of hydrogen-bond donors (Lipinski definition) is 2. The minimum atomic E-state index is -0.452. The van der Waals surface area contributed by atoms with Crippen LogP contribution in [0.5, 0.6) is 0 Å². The smallest absolute Gasteiger partial charge is 0.294 e. The molecule has 1 aromatic rings. The van der Waals surface area contributed by atoms with Crippen LogP contribution in [0.3, 0.4) is 0 Å². The third-order valence-corrected chi connectivity index (χ3v) is 3.37. The van der Waals surface area contributed by atoms with Crippen LogP contribution in [0.25, 0.3) is 0 Å². The van der Waals surface area contributed by atoms with Crippen molar-refractivity contribution in [1.29, 1.82) is 0 Å². The standard InChI is InChI=1S/C15H25N3O3/c1-2-3-4-5-6-7-11-21-12-13-9-8-10-14(18(19)20)15(13)17-16/h8-10,17H,2-7,11-12,16H2,1H3. The number of nitro benzene ring substituents is 1. The Kier molecular flexibility index (Phi) is 8.38. The molecule has 0 aliphatic carbocycles. The fraction of sp³-hybridized carbons (Fsp3) is 0.600. The van der Waals surface area contributed by atoms with Gasteiger partial charge in [0.05, 0.1) is 11.5 Å². The molecule has 118 valence electrons. The quantitative estimate of drug-likeness (QED) is 0.281. The number of hydrogen-bond acceptors (Lipinski definition) is 5. The summed E-state index contributed by atoms with van der Waals surface area (Å²) in [6.07, 6.45) is 7.24. The van der Waals surface area contributed by atoms with E-state index in [1.807, 2.05) is 0 Å². The van der Waals surface area contributed by atoms with Gasteiger partial charge < -0.3 is 10.2 Å². The first-order valence-corrected chi connectivity index (χ1v) is 7.51. The molecule has 0 aliphatic heterocycles. The zero-order valence-corrected chi connectivity index (χ0v) is 12.6. The van der Waals surface area contributed by atoms with Crippen molar-refractivity contribution in [2.75, 3.05) is 12.0 Å². The number of para-hydroxylation sites is 1. The van der Waals surface area contributed by atoms with Gasteiger partial charge in [-0.25, -0.2) is 0 Å². The van der Waals surface area contributed by atoms with Crippen molar-refractivity contribution in [3.8, 4) is 0 Å². The molecule has 0 fully saturated rings. The third kappa shape index (κ3) is 6.10. The predicted molar refractivity (Wildman–Crippen MR) is 83.9 cm³/mol. The van der Waals surface area contributed by atoms with Crippen molar-refractivity contribution in [1.82, 2.24) is 0 Å². The molecular weight excluding hydrogens is 270 g/mol. The monoisotopic (exact) mass is 295 g/mol. The van der Waals surface area contributed by atoms with Gasteiger partial charge in [0, 0.05) is 18.2 Å². The van der Waals surface area contributed by atoms with Crippen molar-refractivity contribution >= 4 is 11.4 Å². The molecular formula is C15H25N3O3. The lowest BCUT2D eigenvalue weighted by molar-refractivity contribution is -0.384. The molecule has 0 saturated heterocycles. The SMILES string of the molecule is CCCCCCCCOCc1cccc([N+](=O)[O-])c1NN. The molecule has 0 bridgehead atoms. The van der Waals surface area contributed by atoms with Gasteiger partial charge in [-0.2, -0.15) is 0 Å². The summed E-state index contributed by atoms with van der Waals surface area (Å²) in [4.78, 5) is 10.5. The zero-order valence-electron chi connectivity index (χ0n) is 12.6. The fourth-order valence-electron chi connectivity index (χ4n) is 2.19. The van der Waals surface area contributed by atoms with Crippen LogP contribution < -0.4 is 11.3 Å². The van der Waals surface area contributed by atoms with E-state index >= 15 is 0 Å². The van der Waals surface area contributed by atoms with Crippen molar-refractivity contribution in [3.63, 3.8) is 0 Å². The Morgan fingerprint density at radius 1 is 1.24 bits per heavy atom. The molecule has 3 N–H and O–H groups in total. The van der Waals surface area contributed by atoms with Gasteiger partial charge in [-0.05, 0) is 6.42 Å². The van der Waals surface area contributed by atoms with E-state index in [0.29, 0.717) is 24.5 Å². The predicted octanol–water partition coefficient (Wildman–Crippen LogP) is 3.76. The van der Waals surface area contributed by atoms with E-state index in [1.165, 1.54) is 31.7 Å². The number of hydrazine groups is 1. The van der Waals surface area contributed by atoms with Gasteiger partial charge in [-0.15, -0.1) is 0 Å². The van der Waals surface area contributed by atoms with E-state index in [1.54, 1.807) is 12.1 Å². The number of unbranched alkanes of at least 4 members (excludes halogenated alkanes) is 5. The van der Waals surface area contributed by atoms with Crippen LogP contribution in [-0.4, -0.2) is 11.5 Å². The van der Waals surface area contributed by atoms with Gasteiger partial charge in [0.25, 0.3) is 5.69 Å². The van der Waals surface area contributed by atoms with Crippen molar-refractivity contribution < 1.29 is 9.66 Å². The number of nitrogens with one attached hydrogen (secondary N) is 1. The molecule has 0 spiro atoms. The van der Waals surface area contributed by atoms with Crippen LogP contribution >= 0.6 is 0 Å². The molecule has 0 radical (unpaired) electrons. The molecule has 1 rings (SSSR count). The molecule has 21 heavy (non-hydrogen) atoms. The van der Waals surface area contributed by atoms with Gasteiger partial charge in [0.1, 0.15) is 5.69 Å². The fourth-order valence-corrected chi connectivity index (χ4v) is 2.19. The molecule has 0 atom stereocenters. The Balaban J connectivity index is 2.35. The summed E-state index contributed by atoms with van der Waals surface area (Å²) in [5.41, 5.74) is 3.40. The largest absolute Gasteiger partial charge is 0.377 e. The number of nitrogens with zero attached hydrogens (tertiary/aromatic N) is 1. The van der Waals surface area contributed by atoms with Crippen molar-refractivity contribution in [3.05, 3.63) is 33.9 Å². The highest BCUT2D eigenvalue weighted by Crippen LogP contribution is 2.27. The van der Waals surface area contributed by atoms with E-state index in [2.05, 4.69) is 12.3 Å². The molecule has 0 heterocycles. The number of nitrogens with two attached hydrogens (primary N) is 1. The molecule has 0 unspecified atom stereocenters. The first kappa shape index (κ1) is 17.4. The highest BCUT2D eigenvalue weighted by atomic mass is 16.6. The lowest BCUT2D eigenvalue weighted by Gasteiger charge is -2.10. The maximum absolute atomic E-state index is 10.9. The van der Waals surface area contributed by atoms with Crippen LogP contribution in [0.1, 0.15) is 51.0 Å². The summed E-state index contributed by atoms with van der Waals surface area (Å²) in [5, 5.41) is 10.9. The first-order valence-electron chi connectivity index (χ1n) is 7.51. The second-order valence-electron chi connectivity index (χ2n) is 5.03. The van der Waals surface area contributed by atoms with Crippen LogP contribution in [0.15, 0.2) is 18.2 Å². The van der Waals surface area contributed by atoms with Crippen molar-refractivity contribution in [2.45, 2.75) is 52.1 Å². The number of anilines is 1. The average Bonchev–Trinajstić information content (AvgIpc) is 2.49. The Labute approximate surface area is 125 Å². The Morgan fingerprint density at radius 3 is 2.62 bits per heavy atom. The Hall–Kier alpha value is -1.66. The molecule has 1 aromatic carbocycles. The van der Waals surface area contributed by atoms with Gasteiger partial charge in [0.15, 0.2) is 0 Å². The van der Waals surface area contributed by atoms with Crippen LogP contribution in [0.4, 0.5) is 11.4 Å². The molecule has 0 aliphatic rings. The highest BCUT2D eigenvalue weighted by molar-refractivity contribution is 5.65.